The molecule has 8 heteroatoms. The molecule has 0 aliphatic rings. The third kappa shape index (κ3) is 5.63. The van der Waals surface area contributed by atoms with Crippen molar-refractivity contribution >= 4 is 55.4 Å². The SMILES string of the molecule is N#C/C(=C/c1cc(Br)c(OCc2ccc(C(=O)O)cc2)c(Br)c1)c1ccc(C(=O)O)cc1. The Bertz CT molecular complexity index is 1220. The van der Waals surface area contributed by atoms with Crippen LogP contribution >= 0.6 is 31.9 Å². The fourth-order valence-corrected chi connectivity index (χ4v) is 4.29. The third-order valence-electron chi connectivity index (χ3n) is 4.48. The number of carboxylic acid groups (broad SMARTS) is 2. The van der Waals surface area contributed by atoms with E-state index in [0.717, 1.165) is 11.1 Å². The van der Waals surface area contributed by atoms with E-state index in [9.17, 15) is 14.9 Å². The smallest absolute Gasteiger partial charge is 0.335 e. The van der Waals surface area contributed by atoms with Gasteiger partial charge in [0.25, 0.3) is 0 Å². The van der Waals surface area contributed by atoms with Gasteiger partial charge in [-0.1, -0.05) is 24.3 Å². The van der Waals surface area contributed by atoms with E-state index >= 15 is 0 Å². The van der Waals surface area contributed by atoms with Gasteiger partial charge in [0.05, 0.1) is 31.7 Å². The second-order valence-corrected chi connectivity index (χ2v) is 8.37. The maximum Gasteiger partial charge on any atom is 0.335 e. The Morgan fingerprint density at radius 1 is 0.875 bits per heavy atom. The van der Waals surface area contributed by atoms with Gasteiger partial charge in [-0.25, -0.2) is 9.59 Å². The molecule has 0 heterocycles. The van der Waals surface area contributed by atoms with Crippen LogP contribution in [0.1, 0.15) is 37.4 Å². The van der Waals surface area contributed by atoms with Crippen molar-refractivity contribution in [2.45, 2.75) is 6.61 Å². The van der Waals surface area contributed by atoms with Crippen molar-refractivity contribution in [1.29, 1.82) is 5.26 Å². The number of hydrogen-bond acceptors (Lipinski definition) is 4. The molecule has 0 aromatic heterocycles. The molecule has 0 fully saturated rings. The molecule has 0 spiro atoms. The maximum absolute atomic E-state index is 11.0. The molecule has 32 heavy (non-hydrogen) atoms. The van der Waals surface area contributed by atoms with Crippen LogP contribution < -0.4 is 4.74 Å². The van der Waals surface area contributed by atoms with E-state index in [2.05, 4.69) is 37.9 Å². The average molecular weight is 557 g/mol. The highest BCUT2D eigenvalue weighted by molar-refractivity contribution is 9.11. The van der Waals surface area contributed by atoms with Gasteiger partial charge in [-0.05, 0) is 91.0 Å². The Morgan fingerprint density at radius 3 is 1.81 bits per heavy atom. The van der Waals surface area contributed by atoms with Gasteiger partial charge in [-0.3, -0.25) is 0 Å². The lowest BCUT2D eigenvalue weighted by Crippen LogP contribution is -2.00. The molecule has 3 aromatic rings. The molecule has 2 N–H and O–H groups in total. The molecule has 0 amide bonds. The van der Waals surface area contributed by atoms with Crippen molar-refractivity contribution in [3.05, 3.63) is 97.4 Å². The van der Waals surface area contributed by atoms with Crippen LogP contribution in [-0.4, -0.2) is 22.2 Å². The number of halogens is 2. The molecule has 6 nitrogen and oxygen atoms in total. The Labute approximate surface area is 200 Å². The lowest BCUT2D eigenvalue weighted by Gasteiger charge is -2.12. The summed E-state index contributed by atoms with van der Waals surface area (Å²) >= 11 is 6.97. The molecule has 0 aliphatic heterocycles. The maximum atomic E-state index is 11.0. The van der Waals surface area contributed by atoms with E-state index in [-0.39, 0.29) is 17.7 Å². The fraction of sp³-hybridized carbons (Fsp3) is 0.0417. The topological polar surface area (TPSA) is 108 Å². The largest absolute Gasteiger partial charge is 0.487 e. The zero-order chi connectivity index (χ0) is 23.3. The number of nitrogens with zero attached hydrogens (tertiary/aromatic N) is 1. The highest BCUT2D eigenvalue weighted by atomic mass is 79.9. The van der Waals surface area contributed by atoms with Gasteiger partial charge >= 0.3 is 11.9 Å². The van der Waals surface area contributed by atoms with Crippen molar-refractivity contribution in [2.24, 2.45) is 0 Å². The zero-order valence-corrected chi connectivity index (χ0v) is 19.6. The van der Waals surface area contributed by atoms with Crippen LogP contribution in [0.2, 0.25) is 0 Å². The first-order chi connectivity index (χ1) is 15.3. The Kier molecular flexibility index (Phi) is 7.46. The summed E-state index contributed by atoms with van der Waals surface area (Å²) in [6.07, 6.45) is 1.69. The van der Waals surface area contributed by atoms with Gasteiger partial charge in [0.15, 0.2) is 0 Å². The number of rotatable bonds is 7. The van der Waals surface area contributed by atoms with E-state index in [4.69, 9.17) is 14.9 Å². The number of carbonyl (C=O) groups is 2. The van der Waals surface area contributed by atoms with Crippen LogP contribution in [0.15, 0.2) is 69.6 Å². The lowest BCUT2D eigenvalue weighted by atomic mass is 10.0. The number of hydrogen-bond donors (Lipinski definition) is 2. The molecule has 0 saturated carbocycles. The molecular formula is C24H15Br2NO5. The average Bonchev–Trinajstić information content (AvgIpc) is 2.77. The molecule has 0 bridgehead atoms. The van der Waals surface area contributed by atoms with Crippen LogP contribution in [-0.2, 0) is 6.61 Å². The quantitative estimate of drug-likeness (QED) is 0.263. The van der Waals surface area contributed by atoms with Gasteiger partial charge < -0.3 is 14.9 Å². The Balaban J connectivity index is 1.80. The fourth-order valence-electron chi connectivity index (χ4n) is 2.84. The molecule has 0 aliphatic carbocycles. The molecule has 3 aromatic carbocycles. The molecular weight excluding hydrogens is 542 g/mol. The highest BCUT2D eigenvalue weighted by Gasteiger charge is 2.11. The minimum atomic E-state index is -1.03. The van der Waals surface area contributed by atoms with Crippen LogP contribution in [0.5, 0.6) is 5.75 Å². The van der Waals surface area contributed by atoms with Gasteiger partial charge in [-0.2, -0.15) is 5.26 Å². The van der Waals surface area contributed by atoms with E-state index in [1.54, 1.807) is 42.5 Å². The van der Waals surface area contributed by atoms with Crippen LogP contribution in [0.25, 0.3) is 11.6 Å². The first-order valence-corrected chi connectivity index (χ1v) is 10.8. The third-order valence-corrected chi connectivity index (χ3v) is 5.66. The van der Waals surface area contributed by atoms with E-state index in [1.807, 2.05) is 0 Å². The molecule has 0 unspecified atom stereocenters. The van der Waals surface area contributed by atoms with E-state index in [0.29, 0.717) is 25.8 Å². The monoisotopic (exact) mass is 555 g/mol. The standard InChI is InChI=1S/C24H15Br2NO5/c25-20-10-15(9-19(12-27)16-5-7-18(8-6-16)24(30)31)11-21(26)22(20)32-13-14-1-3-17(4-2-14)23(28)29/h1-11H,13H2,(H,28,29)(H,30,31)/b19-9-. The number of benzene rings is 3. The van der Waals surface area contributed by atoms with E-state index in [1.165, 1.54) is 24.3 Å². The summed E-state index contributed by atoms with van der Waals surface area (Å²) in [7, 11) is 0. The second-order valence-electron chi connectivity index (χ2n) is 6.66. The molecule has 160 valence electrons. The number of ether oxygens (including phenoxy) is 1. The number of nitriles is 1. The summed E-state index contributed by atoms with van der Waals surface area (Å²) in [5.74, 6) is -1.45. The normalized spacial score (nSPS) is 11.0. The van der Waals surface area contributed by atoms with Gasteiger partial charge in [0.1, 0.15) is 12.4 Å². The molecule has 3 rings (SSSR count). The molecule has 0 radical (unpaired) electrons. The summed E-state index contributed by atoms with van der Waals surface area (Å²) in [6, 6.07) is 18.3. The first-order valence-electron chi connectivity index (χ1n) is 9.18. The summed E-state index contributed by atoms with van der Waals surface area (Å²) in [5, 5.41) is 27.6. The number of carboxylic acids is 2. The minimum Gasteiger partial charge on any atom is -0.487 e. The summed E-state index contributed by atoms with van der Waals surface area (Å²) < 4.78 is 7.21. The predicted molar refractivity (Wildman–Crippen MR) is 126 cm³/mol. The molecule has 0 atom stereocenters. The van der Waals surface area contributed by atoms with Crippen molar-refractivity contribution in [3.8, 4) is 11.8 Å². The first kappa shape index (κ1) is 23.3. The van der Waals surface area contributed by atoms with Crippen molar-refractivity contribution in [2.75, 3.05) is 0 Å². The van der Waals surface area contributed by atoms with Crippen molar-refractivity contribution in [3.63, 3.8) is 0 Å². The highest BCUT2D eigenvalue weighted by Crippen LogP contribution is 2.36. The Hall–Kier alpha value is -3.41. The second kappa shape index (κ2) is 10.3. The van der Waals surface area contributed by atoms with Gasteiger partial charge in [-0.15, -0.1) is 0 Å². The van der Waals surface area contributed by atoms with Gasteiger partial charge in [0.2, 0.25) is 0 Å². The van der Waals surface area contributed by atoms with Gasteiger partial charge in [0, 0.05) is 0 Å². The van der Waals surface area contributed by atoms with Crippen LogP contribution in [0.3, 0.4) is 0 Å². The number of allylic oxidation sites excluding steroid dienone is 1. The van der Waals surface area contributed by atoms with Crippen molar-refractivity contribution in [1.82, 2.24) is 0 Å². The summed E-state index contributed by atoms with van der Waals surface area (Å²) in [5.41, 5.74) is 2.90. The van der Waals surface area contributed by atoms with E-state index < -0.39 is 11.9 Å². The van der Waals surface area contributed by atoms with Crippen LogP contribution in [0.4, 0.5) is 0 Å². The number of aromatic carboxylic acids is 2. The lowest BCUT2D eigenvalue weighted by molar-refractivity contribution is 0.0686. The Morgan fingerprint density at radius 2 is 1.34 bits per heavy atom. The summed E-state index contributed by atoms with van der Waals surface area (Å²) in [4.78, 5) is 22.0. The van der Waals surface area contributed by atoms with Crippen LogP contribution in [0, 0.1) is 11.3 Å². The zero-order valence-electron chi connectivity index (χ0n) is 16.4. The predicted octanol–water partition coefficient (Wildman–Crippen LogP) is 6.25. The molecule has 0 saturated heterocycles. The minimum absolute atomic E-state index is 0.149. The van der Waals surface area contributed by atoms with Crippen molar-refractivity contribution < 1.29 is 24.5 Å². The summed E-state index contributed by atoms with van der Waals surface area (Å²) in [6.45, 7) is 0.242.